The number of carbonyl (C=O) groups is 3. The van der Waals surface area contributed by atoms with Gasteiger partial charge in [-0.3, -0.25) is 4.79 Å². The zero-order valence-electron chi connectivity index (χ0n) is 23.1. The maximum Gasteiger partial charge on any atom is 0.336 e. The van der Waals surface area contributed by atoms with Gasteiger partial charge < -0.3 is 25.0 Å². The van der Waals surface area contributed by atoms with Gasteiger partial charge in [0.25, 0.3) is 5.91 Å². The van der Waals surface area contributed by atoms with Crippen LogP contribution in [0.3, 0.4) is 0 Å². The Bertz CT molecular complexity index is 1260. The van der Waals surface area contributed by atoms with Crippen LogP contribution in [0.4, 0.5) is 0 Å². The van der Waals surface area contributed by atoms with Crippen molar-refractivity contribution < 1.29 is 34.1 Å². The van der Waals surface area contributed by atoms with Crippen LogP contribution in [0.2, 0.25) is 5.02 Å². The van der Waals surface area contributed by atoms with E-state index in [2.05, 4.69) is 35.6 Å². The molecule has 9 heteroatoms. The lowest BCUT2D eigenvalue weighted by atomic mass is 10.0. The van der Waals surface area contributed by atoms with Crippen molar-refractivity contribution in [2.45, 2.75) is 63.6 Å². The standard InChI is InChI=1S/C32H38ClNO7/c33-27-17-14-23(15-18-27)9-4-2-8-20-40-29(30(32(38)39)41-22-28(35)36)31(37)34-19-7-1-3-10-24-13-16-25-11-5-6-12-26(25)21-24/h5-6,11-18,21,29-30H,1-4,7-10,19-20,22H2,(H,34,37)(H,35,36)(H,38,39). The number of carboxylic acids is 2. The minimum Gasteiger partial charge on any atom is -0.480 e. The molecule has 0 aliphatic carbocycles. The molecule has 41 heavy (non-hydrogen) atoms. The van der Waals surface area contributed by atoms with Gasteiger partial charge in [-0.1, -0.05) is 79.0 Å². The molecule has 1 amide bonds. The summed E-state index contributed by atoms with van der Waals surface area (Å²) in [6.45, 7) is -0.354. The fraction of sp³-hybridized carbons (Fsp3) is 0.406. The van der Waals surface area contributed by atoms with Crippen molar-refractivity contribution >= 4 is 40.2 Å². The van der Waals surface area contributed by atoms with Crippen molar-refractivity contribution in [1.82, 2.24) is 5.32 Å². The molecule has 3 aromatic carbocycles. The van der Waals surface area contributed by atoms with Crippen molar-refractivity contribution in [2.75, 3.05) is 19.8 Å². The second kappa shape index (κ2) is 17.4. The van der Waals surface area contributed by atoms with Crippen LogP contribution in [0.25, 0.3) is 10.8 Å². The minimum atomic E-state index is -1.73. The summed E-state index contributed by atoms with van der Waals surface area (Å²) < 4.78 is 10.7. The van der Waals surface area contributed by atoms with Gasteiger partial charge in [0.2, 0.25) is 0 Å². The topological polar surface area (TPSA) is 122 Å². The first-order valence-electron chi connectivity index (χ1n) is 14.0. The number of nitrogens with one attached hydrogen (secondary N) is 1. The minimum absolute atomic E-state index is 0.144. The molecule has 0 aliphatic heterocycles. The van der Waals surface area contributed by atoms with Gasteiger partial charge in [0.1, 0.15) is 6.61 Å². The number of rotatable bonds is 19. The number of hydrogen-bond donors (Lipinski definition) is 3. The van der Waals surface area contributed by atoms with Crippen molar-refractivity contribution in [3.05, 3.63) is 82.9 Å². The van der Waals surface area contributed by atoms with Gasteiger partial charge >= 0.3 is 11.9 Å². The van der Waals surface area contributed by atoms with Crippen molar-refractivity contribution in [3.63, 3.8) is 0 Å². The Morgan fingerprint density at radius 3 is 2.10 bits per heavy atom. The van der Waals surface area contributed by atoms with E-state index < -0.39 is 36.7 Å². The van der Waals surface area contributed by atoms with E-state index in [1.165, 1.54) is 16.3 Å². The fourth-order valence-corrected chi connectivity index (χ4v) is 4.68. The van der Waals surface area contributed by atoms with Gasteiger partial charge in [0.15, 0.2) is 12.2 Å². The molecule has 0 fully saturated rings. The second-order valence-electron chi connectivity index (χ2n) is 9.98. The molecule has 0 bridgehead atoms. The van der Waals surface area contributed by atoms with Crippen LogP contribution in [-0.4, -0.2) is 60.0 Å². The number of benzene rings is 3. The van der Waals surface area contributed by atoms with Crippen LogP contribution < -0.4 is 5.32 Å². The summed E-state index contributed by atoms with van der Waals surface area (Å²) >= 11 is 5.92. The molecule has 220 valence electrons. The SMILES string of the molecule is O=C(O)COC(C(=O)O)C(OCCCCCc1ccc(Cl)cc1)C(=O)NCCCCCc1ccc2ccccc2c1. The third-order valence-electron chi connectivity index (χ3n) is 6.74. The molecule has 3 aromatic rings. The number of carbonyl (C=O) groups excluding carboxylic acids is 1. The summed E-state index contributed by atoms with van der Waals surface area (Å²) in [5.41, 5.74) is 2.42. The molecule has 0 aromatic heterocycles. The summed E-state index contributed by atoms with van der Waals surface area (Å²) in [5, 5.41) is 24.4. The highest BCUT2D eigenvalue weighted by Gasteiger charge is 2.36. The van der Waals surface area contributed by atoms with E-state index in [1.54, 1.807) is 0 Å². The molecular weight excluding hydrogens is 546 g/mol. The smallest absolute Gasteiger partial charge is 0.336 e. The number of aryl methyl sites for hydroxylation is 2. The lowest BCUT2D eigenvalue weighted by molar-refractivity contribution is -0.172. The average molecular weight is 584 g/mol. The average Bonchev–Trinajstić information content (AvgIpc) is 2.96. The molecular formula is C32H38ClNO7. The van der Waals surface area contributed by atoms with Crippen LogP contribution in [0, 0.1) is 0 Å². The molecule has 2 unspecified atom stereocenters. The maximum absolute atomic E-state index is 12.9. The molecule has 3 rings (SSSR count). The highest BCUT2D eigenvalue weighted by molar-refractivity contribution is 6.30. The Kier molecular flexibility index (Phi) is 13.6. The van der Waals surface area contributed by atoms with Gasteiger partial charge in [-0.05, 0) is 72.6 Å². The Hall–Kier alpha value is -3.46. The Morgan fingerprint density at radius 2 is 1.39 bits per heavy atom. The Morgan fingerprint density at radius 1 is 0.732 bits per heavy atom. The third-order valence-corrected chi connectivity index (χ3v) is 6.99. The van der Waals surface area contributed by atoms with E-state index in [-0.39, 0.29) is 6.61 Å². The molecule has 0 radical (unpaired) electrons. The van der Waals surface area contributed by atoms with Gasteiger partial charge in [-0.2, -0.15) is 0 Å². The number of amides is 1. The molecule has 0 spiro atoms. The zero-order chi connectivity index (χ0) is 29.5. The van der Waals surface area contributed by atoms with Crippen LogP contribution >= 0.6 is 11.6 Å². The first kappa shape index (κ1) is 32.1. The normalized spacial score (nSPS) is 12.6. The highest BCUT2D eigenvalue weighted by Crippen LogP contribution is 2.17. The predicted molar refractivity (Wildman–Crippen MR) is 158 cm³/mol. The first-order chi connectivity index (χ1) is 19.8. The van der Waals surface area contributed by atoms with Crippen LogP contribution in [0.15, 0.2) is 66.7 Å². The Labute approximate surface area is 245 Å². The molecule has 2 atom stereocenters. The van der Waals surface area contributed by atoms with Gasteiger partial charge in [-0.25, -0.2) is 9.59 Å². The van der Waals surface area contributed by atoms with E-state index in [1.807, 2.05) is 36.4 Å². The largest absolute Gasteiger partial charge is 0.480 e. The lowest BCUT2D eigenvalue weighted by Crippen LogP contribution is -2.49. The third kappa shape index (κ3) is 11.5. The monoisotopic (exact) mass is 583 g/mol. The first-order valence-corrected chi connectivity index (χ1v) is 14.4. The van der Waals surface area contributed by atoms with Crippen LogP contribution in [0.5, 0.6) is 0 Å². The van der Waals surface area contributed by atoms with Crippen LogP contribution in [-0.2, 0) is 36.7 Å². The Balaban J connectivity index is 1.42. The van der Waals surface area contributed by atoms with Crippen LogP contribution in [0.1, 0.15) is 49.7 Å². The molecule has 0 saturated carbocycles. The number of fused-ring (bicyclic) bond motifs is 1. The predicted octanol–water partition coefficient (Wildman–Crippen LogP) is 5.67. The second-order valence-corrected chi connectivity index (χ2v) is 10.4. The summed E-state index contributed by atoms with van der Waals surface area (Å²) in [5.74, 6) is -3.41. The molecule has 0 aliphatic rings. The molecule has 8 nitrogen and oxygen atoms in total. The number of ether oxygens (including phenoxy) is 2. The summed E-state index contributed by atoms with van der Waals surface area (Å²) in [7, 11) is 0. The van der Waals surface area contributed by atoms with E-state index in [9.17, 15) is 19.5 Å². The van der Waals surface area contributed by atoms with Crippen molar-refractivity contribution in [3.8, 4) is 0 Å². The molecule has 0 saturated heterocycles. The van der Waals surface area contributed by atoms with E-state index in [0.717, 1.165) is 44.1 Å². The lowest BCUT2D eigenvalue weighted by Gasteiger charge is -2.23. The van der Waals surface area contributed by atoms with E-state index in [4.69, 9.17) is 26.2 Å². The fourth-order valence-electron chi connectivity index (χ4n) is 4.56. The summed E-state index contributed by atoms with van der Waals surface area (Å²) in [6.07, 6.45) is 3.44. The van der Waals surface area contributed by atoms with E-state index >= 15 is 0 Å². The molecule has 3 N–H and O–H groups in total. The highest BCUT2D eigenvalue weighted by atomic mass is 35.5. The number of carboxylic acid groups (broad SMARTS) is 2. The maximum atomic E-state index is 12.9. The van der Waals surface area contributed by atoms with E-state index in [0.29, 0.717) is 24.4 Å². The van der Waals surface area contributed by atoms with Crippen molar-refractivity contribution in [2.24, 2.45) is 0 Å². The number of unbranched alkanes of at least 4 members (excludes halogenated alkanes) is 4. The number of aliphatic carboxylic acids is 2. The number of halogens is 1. The van der Waals surface area contributed by atoms with Gasteiger partial charge in [0.05, 0.1) is 0 Å². The van der Waals surface area contributed by atoms with Crippen molar-refractivity contribution in [1.29, 1.82) is 0 Å². The zero-order valence-corrected chi connectivity index (χ0v) is 23.9. The molecule has 0 heterocycles. The van der Waals surface area contributed by atoms with Gasteiger partial charge in [-0.15, -0.1) is 0 Å². The summed E-state index contributed by atoms with van der Waals surface area (Å²) in [6, 6.07) is 22.3. The quantitative estimate of drug-likeness (QED) is 0.155. The van der Waals surface area contributed by atoms with Gasteiger partial charge in [0, 0.05) is 18.2 Å². The number of hydrogen-bond acceptors (Lipinski definition) is 5. The summed E-state index contributed by atoms with van der Waals surface area (Å²) in [4.78, 5) is 35.7.